The number of halogens is 3. The van der Waals surface area contributed by atoms with Gasteiger partial charge in [0.2, 0.25) is 5.95 Å². The summed E-state index contributed by atoms with van der Waals surface area (Å²) in [6.45, 7) is 8.07. The minimum Gasteiger partial charge on any atom is -0.339 e. The molecule has 0 aliphatic carbocycles. The summed E-state index contributed by atoms with van der Waals surface area (Å²) in [5.74, 6) is 0.0323. The van der Waals surface area contributed by atoms with E-state index in [2.05, 4.69) is 36.1 Å². The molecule has 1 aromatic heterocycles. The molecule has 1 aromatic carbocycles. The Labute approximate surface area is 174 Å². The second kappa shape index (κ2) is 8.49. The third kappa shape index (κ3) is 5.40. The van der Waals surface area contributed by atoms with Crippen LogP contribution in [0.5, 0.6) is 0 Å². The molecule has 1 aliphatic heterocycles. The van der Waals surface area contributed by atoms with E-state index in [4.69, 9.17) is 0 Å². The first-order valence-corrected chi connectivity index (χ1v) is 9.86. The Kier molecular flexibility index (Phi) is 6.19. The van der Waals surface area contributed by atoms with Crippen molar-refractivity contribution in [2.45, 2.75) is 38.8 Å². The molecule has 0 unspecified atom stereocenters. The van der Waals surface area contributed by atoms with Crippen molar-refractivity contribution in [1.29, 1.82) is 0 Å². The monoisotopic (exact) mass is 421 g/mol. The standard InChI is InChI=1S/C21H26F3N5O/c1-20(2,3)15-5-7-16(8-6-15)26-19(30)29-12-4-11-28(13-14-29)18-25-10-9-17(27-18)21(22,23)24/h5-10H,4,11-14H2,1-3H3,(H,26,30). The lowest BCUT2D eigenvalue weighted by molar-refractivity contribution is -0.141. The third-order valence-electron chi connectivity index (χ3n) is 5.00. The molecular weight excluding hydrogens is 395 g/mol. The molecule has 162 valence electrons. The maximum Gasteiger partial charge on any atom is 0.433 e. The average Bonchev–Trinajstić information content (AvgIpc) is 2.93. The SMILES string of the molecule is CC(C)(C)c1ccc(NC(=O)N2CCCN(c3nccc(C(F)(F)F)n3)CC2)cc1. The maximum absolute atomic E-state index is 12.9. The highest BCUT2D eigenvalue weighted by atomic mass is 19.4. The van der Waals surface area contributed by atoms with Gasteiger partial charge in [0, 0.05) is 38.1 Å². The van der Waals surface area contributed by atoms with E-state index in [1.807, 2.05) is 24.3 Å². The molecular formula is C21H26F3N5O. The van der Waals surface area contributed by atoms with Gasteiger partial charge in [-0.1, -0.05) is 32.9 Å². The highest BCUT2D eigenvalue weighted by molar-refractivity contribution is 5.89. The van der Waals surface area contributed by atoms with Gasteiger partial charge in [0.15, 0.2) is 0 Å². The van der Waals surface area contributed by atoms with Crippen LogP contribution in [0.15, 0.2) is 36.5 Å². The van der Waals surface area contributed by atoms with Crippen molar-refractivity contribution in [3.63, 3.8) is 0 Å². The average molecular weight is 421 g/mol. The van der Waals surface area contributed by atoms with Gasteiger partial charge < -0.3 is 15.1 Å². The van der Waals surface area contributed by atoms with Gasteiger partial charge in [0.05, 0.1) is 0 Å². The van der Waals surface area contributed by atoms with E-state index in [-0.39, 0.29) is 17.4 Å². The summed E-state index contributed by atoms with van der Waals surface area (Å²) >= 11 is 0. The number of hydrogen-bond donors (Lipinski definition) is 1. The van der Waals surface area contributed by atoms with Crippen molar-refractivity contribution >= 4 is 17.7 Å². The summed E-state index contributed by atoms with van der Waals surface area (Å²) in [4.78, 5) is 23.6. The molecule has 6 nitrogen and oxygen atoms in total. The van der Waals surface area contributed by atoms with Gasteiger partial charge in [-0.2, -0.15) is 13.2 Å². The van der Waals surface area contributed by atoms with Crippen molar-refractivity contribution in [1.82, 2.24) is 14.9 Å². The lowest BCUT2D eigenvalue weighted by Crippen LogP contribution is -2.38. The molecule has 0 atom stereocenters. The van der Waals surface area contributed by atoms with Gasteiger partial charge in [-0.15, -0.1) is 0 Å². The number of nitrogens with zero attached hydrogens (tertiary/aromatic N) is 4. The van der Waals surface area contributed by atoms with E-state index in [0.29, 0.717) is 38.3 Å². The largest absolute Gasteiger partial charge is 0.433 e. The van der Waals surface area contributed by atoms with Crippen LogP contribution < -0.4 is 10.2 Å². The lowest BCUT2D eigenvalue weighted by atomic mass is 9.87. The topological polar surface area (TPSA) is 61.4 Å². The Morgan fingerprint density at radius 2 is 1.70 bits per heavy atom. The minimum atomic E-state index is -4.52. The first-order chi connectivity index (χ1) is 14.0. The highest BCUT2D eigenvalue weighted by Gasteiger charge is 2.33. The molecule has 0 bridgehead atoms. The molecule has 30 heavy (non-hydrogen) atoms. The van der Waals surface area contributed by atoms with Gasteiger partial charge in [-0.25, -0.2) is 14.8 Å². The third-order valence-corrected chi connectivity index (χ3v) is 5.00. The van der Waals surface area contributed by atoms with Crippen molar-refractivity contribution in [2.24, 2.45) is 0 Å². The molecule has 2 heterocycles. The van der Waals surface area contributed by atoms with E-state index in [1.54, 1.807) is 9.80 Å². The molecule has 1 fully saturated rings. The fourth-order valence-electron chi connectivity index (χ4n) is 3.24. The summed E-state index contributed by atoms with van der Waals surface area (Å²) in [5, 5.41) is 2.89. The Hall–Kier alpha value is -2.84. The fourth-order valence-corrected chi connectivity index (χ4v) is 3.24. The van der Waals surface area contributed by atoms with Gasteiger partial charge in [0.25, 0.3) is 0 Å². The van der Waals surface area contributed by atoms with Gasteiger partial charge in [-0.3, -0.25) is 0 Å². The highest BCUT2D eigenvalue weighted by Crippen LogP contribution is 2.28. The van der Waals surface area contributed by atoms with E-state index >= 15 is 0 Å². The molecule has 1 aliphatic rings. The predicted octanol–water partition coefficient (Wildman–Crippen LogP) is 4.54. The van der Waals surface area contributed by atoms with Crippen LogP contribution in [0.3, 0.4) is 0 Å². The summed E-state index contributed by atoms with van der Waals surface area (Å²) in [6.07, 6.45) is -2.80. The van der Waals surface area contributed by atoms with E-state index in [9.17, 15) is 18.0 Å². The number of carbonyl (C=O) groups is 1. The Morgan fingerprint density at radius 3 is 2.33 bits per heavy atom. The number of hydrogen-bond acceptors (Lipinski definition) is 4. The normalized spacial score (nSPS) is 15.7. The van der Waals surface area contributed by atoms with Crippen LogP contribution in [0, 0.1) is 0 Å². The van der Waals surface area contributed by atoms with E-state index in [1.165, 1.54) is 5.56 Å². The fraction of sp³-hybridized carbons (Fsp3) is 0.476. The van der Waals surface area contributed by atoms with E-state index < -0.39 is 11.9 Å². The molecule has 0 radical (unpaired) electrons. The smallest absolute Gasteiger partial charge is 0.339 e. The zero-order valence-electron chi connectivity index (χ0n) is 17.3. The molecule has 3 rings (SSSR count). The summed E-state index contributed by atoms with van der Waals surface area (Å²) < 4.78 is 38.7. The van der Waals surface area contributed by atoms with Gasteiger partial charge in [0.1, 0.15) is 5.69 Å². The van der Waals surface area contributed by atoms with Crippen molar-refractivity contribution in [3.8, 4) is 0 Å². The molecule has 2 aromatic rings. The van der Waals surface area contributed by atoms with Crippen molar-refractivity contribution < 1.29 is 18.0 Å². The van der Waals surface area contributed by atoms with Crippen LogP contribution in [-0.4, -0.2) is 47.1 Å². The van der Waals surface area contributed by atoms with Gasteiger partial charge in [-0.05, 0) is 35.6 Å². The van der Waals surface area contributed by atoms with Crippen LogP contribution in [0.25, 0.3) is 0 Å². The predicted molar refractivity (Wildman–Crippen MR) is 110 cm³/mol. The van der Waals surface area contributed by atoms with Crippen LogP contribution in [0.2, 0.25) is 0 Å². The number of anilines is 2. The zero-order valence-corrected chi connectivity index (χ0v) is 17.3. The lowest BCUT2D eigenvalue weighted by Gasteiger charge is -2.23. The van der Waals surface area contributed by atoms with Crippen LogP contribution in [0.1, 0.15) is 38.4 Å². The molecule has 0 saturated carbocycles. The quantitative estimate of drug-likeness (QED) is 0.774. The first-order valence-electron chi connectivity index (χ1n) is 9.86. The van der Waals surface area contributed by atoms with Crippen LogP contribution in [0.4, 0.5) is 29.6 Å². The number of carbonyl (C=O) groups excluding carboxylic acids is 1. The molecule has 2 amide bonds. The number of nitrogens with one attached hydrogen (secondary N) is 1. The molecule has 0 spiro atoms. The molecule has 1 saturated heterocycles. The molecule has 1 N–H and O–H groups in total. The zero-order chi connectivity index (χ0) is 21.9. The summed E-state index contributed by atoms with van der Waals surface area (Å²) in [6, 6.07) is 8.35. The van der Waals surface area contributed by atoms with Crippen molar-refractivity contribution in [2.75, 3.05) is 36.4 Å². The first kappa shape index (κ1) is 21.9. The second-order valence-electron chi connectivity index (χ2n) is 8.32. The van der Waals surface area contributed by atoms with E-state index in [0.717, 1.165) is 12.3 Å². The summed E-state index contributed by atoms with van der Waals surface area (Å²) in [5.41, 5.74) is 0.940. The maximum atomic E-state index is 12.9. The number of aromatic nitrogens is 2. The summed E-state index contributed by atoms with van der Waals surface area (Å²) in [7, 11) is 0. The number of rotatable bonds is 2. The van der Waals surface area contributed by atoms with Crippen LogP contribution in [-0.2, 0) is 11.6 Å². The number of urea groups is 1. The van der Waals surface area contributed by atoms with Crippen molar-refractivity contribution in [3.05, 3.63) is 47.8 Å². The van der Waals surface area contributed by atoms with Crippen LogP contribution >= 0.6 is 0 Å². The number of alkyl halides is 3. The Bertz CT molecular complexity index is 877. The number of benzene rings is 1. The number of amides is 2. The Morgan fingerprint density at radius 1 is 1.00 bits per heavy atom. The Balaban J connectivity index is 1.62. The molecule has 9 heteroatoms. The minimum absolute atomic E-state index is 0.0300. The van der Waals surface area contributed by atoms with Gasteiger partial charge >= 0.3 is 12.2 Å². The second-order valence-corrected chi connectivity index (χ2v) is 8.32.